The van der Waals surface area contributed by atoms with Crippen molar-refractivity contribution in [3.8, 4) is 22.8 Å². The van der Waals surface area contributed by atoms with Gasteiger partial charge in [0.1, 0.15) is 17.4 Å². The van der Waals surface area contributed by atoms with Gasteiger partial charge in [-0.1, -0.05) is 12.1 Å². The molecule has 5 nitrogen and oxygen atoms in total. The summed E-state index contributed by atoms with van der Waals surface area (Å²) in [4.78, 5) is 14.2. The number of imidazole rings is 1. The normalized spacial score (nSPS) is 11.2. The molecule has 2 aromatic heterocycles. The summed E-state index contributed by atoms with van der Waals surface area (Å²) in [5.74, 6) is 1.11. The van der Waals surface area contributed by atoms with Gasteiger partial charge >= 0.3 is 0 Å². The van der Waals surface area contributed by atoms with E-state index in [4.69, 9.17) is 14.7 Å². The van der Waals surface area contributed by atoms with Crippen LogP contribution in [0.2, 0.25) is 0 Å². The van der Waals surface area contributed by atoms with Crippen molar-refractivity contribution >= 4 is 22.3 Å². The summed E-state index contributed by atoms with van der Waals surface area (Å²) in [7, 11) is 1.63. The molecule has 0 saturated carbocycles. The van der Waals surface area contributed by atoms with Crippen molar-refractivity contribution in [3.63, 3.8) is 0 Å². The van der Waals surface area contributed by atoms with E-state index in [0.717, 1.165) is 28.0 Å². The molecule has 0 aliphatic rings. The fourth-order valence-corrected chi connectivity index (χ4v) is 3.23. The number of hydrogen-bond acceptors (Lipinski definition) is 4. The first-order valence-corrected chi connectivity index (χ1v) is 8.78. The van der Waals surface area contributed by atoms with E-state index in [9.17, 15) is 4.39 Å². The van der Waals surface area contributed by atoms with Crippen LogP contribution >= 0.6 is 0 Å². The smallest absolute Gasteiger partial charge is 0.199 e. The maximum Gasteiger partial charge on any atom is 0.199 e. The molecule has 0 atom stereocenters. The van der Waals surface area contributed by atoms with Crippen molar-refractivity contribution < 1.29 is 9.13 Å². The van der Waals surface area contributed by atoms with Crippen LogP contribution in [0.3, 0.4) is 0 Å². The third-order valence-electron chi connectivity index (χ3n) is 4.60. The van der Waals surface area contributed by atoms with Gasteiger partial charge in [0.25, 0.3) is 0 Å². The summed E-state index contributed by atoms with van der Waals surface area (Å²) in [6.45, 7) is 0. The molecule has 0 N–H and O–H groups in total. The second-order valence-corrected chi connectivity index (χ2v) is 6.34. The molecule has 0 bridgehead atoms. The monoisotopic (exact) mass is 370 g/mol. The first kappa shape index (κ1) is 16.4. The van der Waals surface area contributed by atoms with Crippen LogP contribution in [-0.2, 0) is 0 Å². The van der Waals surface area contributed by atoms with E-state index < -0.39 is 0 Å². The predicted octanol–water partition coefficient (Wildman–Crippen LogP) is 4.78. The van der Waals surface area contributed by atoms with Gasteiger partial charge in [-0.25, -0.2) is 19.3 Å². The van der Waals surface area contributed by atoms with Crippen LogP contribution in [0.15, 0.2) is 72.8 Å². The van der Waals surface area contributed by atoms with Crippen molar-refractivity contribution in [2.75, 3.05) is 7.11 Å². The molecular weight excluding hydrogens is 355 g/mol. The van der Waals surface area contributed by atoms with Crippen molar-refractivity contribution in [3.05, 3.63) is 78.6 Å². The van der Waals surface area contributed by atoms with Crippen molar-refractivity contribution in [2.24, 2.45) is 0 Å². The highest BCUT2D eigenvalue weighted by molar-refractivity contribution is 5.86. The number of rotatable bonds is 3. The van der Waals surface area contributed by atoms with Gasteiger partial charge in [0.2, 0.25) is 0 Å². The second kappa shape index (κ2) is 6.42. The number of benzene rings is 3. The fourth-order valence-electron chi connectivity index (χ4n) is 3.23. The highest BCUT2D eigenvalue weighted by Crippen LogP contribution is 2.29. The molecule has 2 heterocycles. The lowest BCUT2D eigenvalue weighted by atomic mass is 10.2. The Morgan fingerprint density at radius 1 is 0.786 bits per heavy atom. The number of aromatic nitrogens is 4. The zero-order chi connectivity index (χ0) is 19.1. The minimum Gasteiger partial charge on any atom is -0.497 e. The number of fused-ring (bicyclic) bond motifs is 2. The standard InChI is InChI=1S/C22H15FN4O/c1-28-17-12-10-16(11-13-17)27-21(14-6-8-15(23)9-7-14)26-20-22(27)25-19-5-3-2-4-18(19)24-20/h2-13H,1H3. The Kier molecular flexibility index (Phi) is 3.76. The lowest BCUT2D eigenvalue weighted by Gasteiger charge is -2.10. The van der Waals surface area contributed by atoms with Gasteiger partial charge in [-0.3, -0.25) is 4.57 Å². The van der Waals surface area contributed by atoms with E-state index >= 15 is 0 Å². The lowest BCUT2D eigenvalue weighted by Crippen LogP contribution is -1.99. The highest BCUT2D eigenvalue weighted by atomic mass is 19.1. The molecule has 0 saturated heterocycles. The van der Waals surface area contributed by atoms with E-state index in [1.165, 1.54) is 12.1 Å². The summed E-state index contributed by atoms with van der Waals surface area (Å²) in [6, 6.07) is 21.6. The summed E-state index contributed by atoms with van der Waals surface area (Å²) < 4.78 is 20.6. The summed E-state index contributed by atoms with van der Waals surface area (Å²) in [5.41, 5.74) is 4.39. The van der Waals surface area contributed by atoms with Crippen molar-refractivity contribution in [1.82, 2.24) is 19.5 Å². The highest BCUT2D eigenvalue weighted by Gasteiger charge is 2.17. The van der Waals surface area contributed by atoms with Crippen LogP contribution in [0.1, 0.15) is 0 Å². The average molecular weight is 370 g/mol. The molecule has 0 amide bonds. The fraction of sp³-hybridized carbons (Fsp3) is 0.0455. The molecule has 0 radical (unpaired) electrons. The van der Waals surface area contributed by atoms with Crippen LogP contribution in [0.25, 0.3) is 39.4 Å². The van der Waals surface area contributed by atoms with E-state index in [1.807, 2.05) is 53.1 Å². The largest absolute Gasteiger partial charge is 0.497 e. The third-order valence-corrected chi connectivity index (χ3v) is 4.60. The number of methoxy groups -OCH3 is 1. The van der Waals surface area contributed by atoms with Gasteiger partial charge in [-0.15, -0.1) is 0 Å². The quantitative estimate of drug-likeness (QED) is 0.458. The maximum absolute atomic E-state index is 13.4. The van der Waals surface area contributed by atoms with E-state index in [0.29, 0.717) is 17.1 Å². The molecule has 5 aromatic rings. The maximum atomic E-state index is 13.4. The molecule has 0 fully saturated rings. The number of hydrogen-bond donors (Lipinski definition) is 0. The van der Waals surface area contributed by atoms with Crippen LogP contribution in [0.5, 0.6) is 5.75 Å². The number of ether oxygens (including phenoxy) is 1. The molecule has 0 unspecified atom stereocenters. The first-order valence-electron chi connectivity index (χ1n) is 8.78. The van der Waals surface area contributed by atoms with Gasteiger partial charge in [0.15, 0.2) is 11.3 Å². The number of halogens is 1. The topological polar surface area (TPSA) is 52.8 Å². The van der Waals surface area contributed by atoms with Gasteiger partial charge in [-0.2, -0.15) is 0 Å². The molecule has 28 heavy (non-hydrogen) atoms. The van der Waals surface area contributed by atoms with E-state index in [1.54, 1.807) is 19.2 Å². The molecule has 0 aliphatic carbocycles. The van der Waals surface area contributed by atoms with Gasteiger partial charge < -0.3 is 4.74 Å². The SMILES string of the molecule is COc1ccc(-n2c(-c3ccc(F)cc3)nc3nc4ccccc4nc32)cc1. The molecule has 0 spiro atoms. The lowest BCUT2D eigenvalue weighted by molar-refractivity contribution is 0.415. The number of para-hydroxylation sites is 2. The minimum atomic E-state index is -0.294. The Bertz CT molecular complexity index is 1290. The number of nitrogens with zero attached hydrogens (tertiary/aromatic N) is 4. The van der Waals surface area contributed by atoms with Gasteiger partial charge in [-0.05, 0) is 60.7 Å². The van der Waals surface area contributed by atoms with Crippen molar-refractivity contribution in [1.29, 1.82) is 0 Å². The van der Waals surface area contributed by atoms with Crippen LogP contribution in [-0.4, -0.2) is 26.6 Å². The molecule has 3 aromatic carbocycles. The van der Waals surface area contributed by atoms with Crippen LogP contribution in [0.4, 0.5) is 4.39 Å². The summed E-state index contributed by atoms with van der Waals surface area (Å²) >= 11 is 0. The molecular formula is C22H15FN4O. The Morgan fingerprint density at radius 2 is 1.46 bits per heavy atom. The van der Waals surface area contributed by atoms with Crippen molar-refractivity contribution in [2.45, 2.75) is 0 Å². The molecule has 0 aliphatic heterocycles. The molecule has 5 rings (SSSR count). The Hall–Kier alpha value is -3.80. The minimum absolute atomic E-state index is 0.294. The van der Waals surface area contributed by atoms with E-state index in [-0.39, 0.29) is 5.82 Å². The Morgan fingerprint density at radius 3 is 2.14 bits per heavy atom. The van der Waals surface area contributed by atoms with Gasteiger partial charge in [0, 0.05) is 11.3 Å². The Labute approximate surface area is 160 Å². The Balaban J connectivity index is 1.83. The average Bonchev–Trinajstić information content (AvgIpc) is 3.11. The van der Waals surface area contributed by atoms with Crippen LogP contribution < -0.4 is 4.74 Å². The second-order valence-electron chi connectivity index (χ2n) is 6.34. The van der Waals surface area contributed by atoms with E-state index in [2.05, 4.69) is 4.98 Å². The zero-order valence-corrected chi connectivity index (χ0v) is 15.0. The van der Waals surface area contributed by atoms with Crippen LogP contribution in [0, 0.1) is 5.82 Å². The predicted molar refractivity (Wildman–Crippen MR) is 106 cm³/mol. The summed E-state index contributed by atoms with van der Waals surface area (Å²) in [6.07, 6.45) is 0. The molecule has 6 heteroatoms. The summed E-state index contributed by atoms with van der Waals surface area (Å²) in [5, 5.41) is 0. The first-order chi connectivity index (χ1) is 13.7. The van der Waals surface area contributed by atoms with Gasteiger partial charge in [0.05, 0.1) is 18.1 Å². The molecule has 136 valence electrons. The third kappa shape index (κ3) is 2.66. The zero-order valence-electron chi connectivity index (χ0n) is 15.0.